The van der Waals surface area contributed by atoms with Gasteiger partial charge in [0.2, 0.25) is 8.87 Å². The number of ether oxygens (including phenoxy) is 1. The normalized spacial score (nSPS) is 18.7. The number of nitrogens with one attached hydrogen (secondary N) is 1. The fourth-order valence-corrected chi connectivity index (χ4v) is 5.20. The molecule has 0 bridgehead atoms. The summed E-state index contributed by atoms with van der Waals surface area (Å²) >= 11 is 0. The van der Waals surface area contributed by atoms with Gasteiger partial charge in [-0.15, -0.1) is 0 Å². The van der Waals surface area contributed by atoms with Crippen molar-refractivity contribution in [2.75, 3.05) is 12.0 Å². The third-order valence-corrected chi connectivity index (χ3v) is 6.52. The summed E-state index contributed by atoms with van der Waals surface area (Å²) in [4.78, 5) is 24.0. The van der Waals surface area contributed by atoms with E-state index in [1.165, 1.54) is 36.7 Å². The zero-order valence-electron chi connectivity index (χ0n) is 12.8. The maximum absolute atomic E-state index is 12.6. The SMILES string of the molecule is COc1ccc(N2C(=O)C(NC(=O)C(F)(F)F)=C3C2=CSS3(=O)=O)cc1. The fourth-order valence-electron chi connectivity index (χ4n) is 2.35. The molecule has 138 valence electrons. The molecule has 2 amide bonds. The summed E-state index contributed by atoms with van der Waals surface area (Å²) < 4.78 is 66.8. The molecule has 0 fully saturated rings. The molecule has 0 atom stereocenters. The number of anilines is 1. The Balaban J connectivity index is 2.06. The van der Waals surface area contributed by atoms with Crippen LogP contribution in [0.1, 0.15) is 0 Å². The van der Waals surface area contributed by atoms with Gasteiger partial charge in [0.15, 0.2) is 0 Å². The van der Waals surface area contributed by atoms with E-state index in [4.69, 9.17) is 4.74 Å². The molecule has 12 heteroatoms. The van der Waals surface area contributed by atoms with Crippen LogP contribution in [0.5, 0.6) is 5.75 Å². The summed E-state index contributed by atoms with van der Waals surface area (Å²) in [7, 11) is -2.36. The Kier molecular flexibility index (Phi) is 4.27. The lowest BCUT2D eigenvalue weighted by Gasteiger charge is -2.18. The molecular formula is C14H9F3N2O5S2. The molecule has 0 saturated heterocycles. The van der Waals surface area contributed by atoms with Crippen LogP contribution in [0.3, 0.4) is 0 Å². The van der Waals surface area contributed by atoms with Crippen molar-refractivity contribution >= 4 is 37.2 Å². The summed E-state index contributed by atoms with van der Waals surface area (Å²) in [5.41, 5.74) is -0.851. The number of rotatable bonds is 3. The molecular weight excluding hydrogens is 397 g/mol. The number of amides is 2. The number of fused-ring (bicyclic) bond motifs is 1. The Morgan fingerprint density at radius 2 is 1.85 bits per heavy atom. The van der Waals surface area contributed by atoms with Crippen molar-refractivity contribution in [3.05, 3.63) is 46.0 Å². The average molecular weight is 406 g/mol. The lowest BCUT2D eigenvalue weighted by atomic mass is 10.2. The van der Waals surface area contributed by atoms with Crippen molar-refractivity contribution in [2.24, 2.45) is 0 Å². The van der Waals surface area contributed by atoms with Gasteiger partial charge in [0.05, 0.1) is 12.8 Å². The first-order chi connectivity index (χ1) is 12.1. The van der Waals surface area contributed by atoms with Crippen molar-refractivity contribution in [1.29, 1.82) is 0 Å². The second kappa shape index (κ2) is 6.06. The van der Waals surface area contributed by atoms with Crippen LogP contribution in [0, 0.1) is 0 Å². The lowest BCUT2D eigenvalue weighted by Crippen LogP contribution is -2.40. The van der Waals surface area contributed by atoms with Crippen LogP contribution in [-0.4, -0.2) is 33.5 Å². The van der Waals surface area contributed by atoms with E-state index in [1.54, 1.807) is 0 Å². The van der Waals surface area contributed by atoms with Crippen molar-refractivity contribution in [1.82, 2.24) is 5.32 Å². The summed E-state index contributed by atoms with van der Waals surface area (Å²) in [5, 5.41) is 2.51. The summed E-state index contributed by atoms with van der Waals surface area (Å²) in [6.45, 7) is 0. The monoisotopic (exact) mass is 406 g/mol. The second-order valence-corrected chi connectivity index (χ2v) is 8.69. The zero-order chi connectivity index (χ0) is 19.3. The third-order valence-electron chi connectivity index (χ3n) is 3.48. The molecule has 7 nitrogen and oxygen atoms in total. The van der Waals surface area contributed by atoms with Crippen molar-refractivity contribution in [3.8, 4) is 5.75 Å². The molecule has 0 aliphatic carbocycles. The number of alkyl halides is 3. The zero-order valence-corrected chi connectivity index (χ0v) is 14.5. The highest BCUT2D eigenvalue weighted by Crippen LogP contribution is 2.46. The molecule has 1 aromatic rings. The van der Waals surface area contributed by atoms with Crippen molar-refractivity contribution < 1.29 is 35.9 Å². The van der Waals surface area contributed by atoms with E-state index in [9.17, 15) is 31.2 Å². The molecule has 2 aliphatic heterocycles. The number of methoxy groups -OCH3 is 1. The van der Waals surface area contributed by atoms with E-state index in [0.29, 0.717) is 16.5 Å². The summed E-state index contributed by atoms with van der Waals surface area (Å²) in [6.07, 6.45) is -5.28. The number of hydrogen-bond donors (Lipinski definition) is 1. The first-order valence-electron chi connectivity index (χ1n) is 6.81. The van der Waals surface area contributed by atoms with Gasteiger partial charge in [-0.2, -0.15) is 13.2 Å². The highest BCUT2D eigenvalue weighted by atomic mass is 33.1. The van der Waals surface area contributed by atoms with Crippen LogP contribution >= 0.6 is 10.8 Å². The predicted octanol–water partition coefficient (Wildman–Crippen LogP) is 1.85. The van der Waals surface area contributed by atoms with E-state index in [-0.39, 0.29) is 11.4 Å². The molecule has 2 aliphatic rings. The third kappa shape index (κ3) is 2.94. The Labute approximate surface area is 148 Å². The second-order valence-electron chi connectivity index (χ2n) is 5.05. The lowest BCUT2D eigenvalue weighted by molar-refractivity contribution is -0.172. The van der Waals surface area contributed by atoms with Crippen molar-refractivity contribution in [2.45, 2.75) is 6.18 Å². The molecule has 1 aromatic carbocycles. The number of hydrogen-bond acceptors (Lipinski definition) is 6. The van der Waals surface area contributed by atoms with Gasteiger partial charge in [-0.05, 0) is 24.3 Å². The first kappa shape index (κ1) is 18.3. The Bertz CT molecular complexity index is 965. The summed E-state index contributed by atoms with van der Waals surface area (Å²) in [5.74, 6) is -3.06. The van der Waals surface area contributed by atoms with Crippen LogP contribution in [0.2, 0.25) is 0 Å². The number of carbonyl (C=O) groups is 2. The molecule has 0 aromatic heterocycles. The molecule has 0 spiro atoms. The highest BCUT2D eigenvalue weighted by molar-refractivity contribution is 8.75. The minimum Gasteiger partial charge on any atom is -0.497 e. The van der Waals surface area contributed by atoms with Gasteiger partial charge < -0.3 is 10.1 Å². The van der Waals surface area contributed by atoms with Gasteiger partial charge in [-0.1, -0.05) is 0 Å². The number of benzene rings is 1. The standard InChI is InChI=1S/C14H9F3N2O5S2/c1-24-8-4-2-7(3-5-8)19-9-6-25-26(22,23)11(9)10(12(19)20)18-13(21)14(15,16)17/h2-6H,1H3,(H,18,21). The van der Waals surface area contributed by atoms with E-state index >= 15 is 0 Å². The van der Waals surface area contributed by atoms with Gasteiger partial charge in [0.25, 0.3) is 5.91 Å². The Hall–Kier alpha value is -2.47. The maximum Gasteiger partial charge on any atom is 0.471 e. The molecule has 26 heavy (non-hydrogen) atoms. The average Bonchev–Trinajstić information content (AvgIpc) is 3.02. The van der Waals surface area contributed by atoms with E-state index < -0.39 is 37.5 Å². The van der Waals surface area contributed by atoms with Gasteiger partial charge in [0, 0.05) is 21.9 Å². The van der Waals surface area contributed by atoms with Crippen LogP contribution in [0.15, 0.2) is 46.0 Å². The van der Waals surface area contributed by atoms with E-state index in [0.717, 1.165) is 10.3 Å². The maximum atomic E-state index is 12.6. The topological polar surface area (TPSA) is 92.8 Å². The predicted molar refractivity (Wildman–Crippen MR) is 86.3 cm³/mol. The van der Waals surface area contributed by atoms with Crippen LogP contribution in [-0.2, 0) is 18.5 Å². The molecule has 0 radical (unpaired) electrons. The molecule has 2 heterocycles. The fraction of sp³-hybridized carbons (Fsp3) is 0.143. The number of carbonyl (C=O) groups excluding carboxylic acids is 2. The first-order valence-corrected chi connectivity index (χ1v) is 9.69. The van der Waals surface area contributed by atoms with Crippen molar-refractivity contribution in [3.63, 3.8) is 0 Å². The molecule has 0 unspecified atom stereocenters. The number of halogens is 3. The van der Waals surface area contributed by atoms with Crippen LogP contribution in [0.4, 0.5) is 18.9 Å². The Morgan fingerprint density at radius 1 is 1.23 bits per heavy atom. The largest absolute Gasteiger partial charge is 0.497 e. The van der Waals surface area contributed by atoms with Gasteiger partial charge in [0.1, 0.15) is 16.4 Å². The molecule has 0 saturated carbocycles. The van der Waals surface area contributed by atoms with Gasteiger partial charge in [-0.3, -0.25) is 14.5 Å². The minimum absolute atomic E-state index is 0.123. The van der Waals surface area contributed by atoms with Crippen LogP contribution < -0.4 is 15.0 Å². The molecule has 3 rings (SSSR count). The van der Waals surface area contributed by atoms with Gasteiger partial charge in [-0.25, -0.2) is 8.42 Å². The van der Waals surface area contributed by atoms with E-state index in [1.807, 2.05) is 0 Å². The quantitative estimate of drug-likeness (QED) is 0.771. The van der Waals surface area contributed by atoms with Crippen LogP contribution in [0.25, 0.3) is 0 Å². The van der Waals surface area contributed by atoms with Gasteiger partial charge >= 0.3 is 12.1 Å². The van der Waals surface area contributed by atoms with E-state index in [2.05, 4.69) is 0 Å². The smallest absolute Gasteiger partial charge is 0.471 e. The summed E-state index contributed by atoms with van der Waals surface area (Å²) in [6, 6.07) is 5.84. The number of nitrogens with zero attached hydrogens (tertiary/aromatic N) is 1. The molecule has 1 N–H and O–H groups in total. The Morgan fingerprint density at radius 3 is 2.38 bits per heavy atom. The highest BCUT2D eigenvalue weighted by Gasteiger charge is 2.49. The minimum atomic E-state index is -5.28.